The van der Waals surface area contributed by atoms with Gasteiger partial charge in [0.05, 0.1) is 19.2 Å². The second-order valence-corrected chi connectivity index (χ2v) is 6.50. The van der Waals surface area contributed by atoms with E-state index in [2.05, 4.69) is 20.5 Å². The molecule has 1 amide bonds. The van der Waals surface area contributed by atoms with Crippen LogP contribution in [0.15, 0.2) is 77.7 Å². The SMILES string of the molecule is COc1ccccc1-c1nc(NC(=O)c2cccn(Cc3ccccc3)c2=O)n[nH]1. The van der Waals surface area contributed by atoms with Crippen LogP contribution in [-0.4, -0.2) is 32.8 Å². The van der Waals surface area contributed by atoms with E-state index < -0.39 is 5.91 Å². The number of hydrogen-bond acceptors (Lipinski definition) is 5. The Bertz CT molecular complexity index is 1230. The Morgan fingerprint density at radius 2 is 1.83 bits per heavy atom. The van der Waals surface area contributed by atoms with E-state index in [1.807, 2.05) is 48.5 Å². The van der Waals surface area contributed by atoms with Crippen molar-refractivity contribution in [1.82, 2.24) is 19.7 Å². The van der Waals surface area contributed by atoms with Crippen LogP contribution in [0.2, 0.25) is 0 Å². The van der Waals surface area contributed by atoms with Crippen LogP contribution in [0.3, 0.4) is 0 Å². The second-order valence-electron chi connectivity index (χ2n) is 6.50. The number of ether oxygens (including phenoxy) is 1. The Morgan fingerprint density at radius 3 is 2.63 bits per heavy atom. The van der Waals surface area contributed by atoms with E-state index in [0.29, 0.717) is 23.7 Å². The minimum atomic E-state index is -0.576. The number of anilines is 1. The minimum absolute atomic E-state index is 0.0112. The minimum Gasteiger partial charge on any atom is -0.496 e. The number of nitrogens with one attached hydrogen (secondary N) is 2. The van der Waals surface area contributed by atoms with Crippen LogP contribution in [0.25, 0.3) is 11.4 Å². The van der Waals surface area contributed by atoms with Gasteiger partial charge in [0.25, 0.3) is 11.5 Å². The number of methoxy groups -OCH3 is 1. The van der Waals surface area contributed by atoms with E-state index in [4.69, 9.17) is 4.74 Å². The summed E-state index contributed by atoms with van der Waals surface area (Å²) in [4.78, 5) is 29.7. The number of pyridine rings is 1. The average Bonchev–Trinajstić information content (AvgIpc) is 3.24. The number of nitrogens with zero attached hydrogens (tertiary/aromatic N) is 3. The summed E-state index contributed by atoms with van der Waals surface area (Å²) in [5.74, 6) is 0.558. The highest BCUT2D eigenvalue weighted by Crippen LogP contribution is 2.27. The molecule has 0 unspecified atom stereocenters. The van der Waals surface area contributed by atoms with Crippen LogP contribution in [0.5, 0.6) is 5.75 Å². The van der Waals surface area contributed by atoms with Crippen molar-refractivity contribution in [1.29, 1.82) is 0 Å². The molecule has 0 bridgehead atoms. The lowest BCUT2D eigenvalue weighted by atomic mass is 10.2. The van der Waals surface area contributed by atoms with Crippen molar-refractivity contribution < 1.29 is 9.53 Å². The normalized spacial score (nSPS) is 10.6. The van der Waals surface area contributed by atoms with Crippen LogP contribution in [0, 0.1) is 0 Å². The molecule has 30 heavy (non-hydrogen) atoms. The molecular formula is C22H19N5O3. The molecule has 0 fully saturated rings. The topological polar surface area (TPSA) is 102 Å². The fraction of sp³-hybridized carbons (Fsp3) is 0.0909. The summed E-state index contributed by atoms with van der Waals surface area (Å²) >= 11 is 0. The number of aromatic nitrogens is 4. The number of rotatable bonds is 6. The first kappa shape index (κ1) is 19.1. The van der Waals surface area contributed by atoms with Crippen molar-refractivity contribution >= 4 is 11.9 Å². The van der Waals surface area contributed by atoms with Crippen LogP contribution in [-0.2, 0) is 6.54 Å². The molecule has 0 spiro atoms. The molecular weight excluding hydrogens is 382 g/mol. The lowest BCUT2D eigenvalue weighted by molar-refractivity contribution is 0.102. The molecule has 4 rings (SSSR count). The van der Waals surface area contributed by atoms with Crippen molar-refractivity contribution in [2.75, 3.05) is 12.4 Å². The van der Waals surface area contributed by atoms with Gasteiger partial charge in [0.15, 0.2) is 5.82 Å². The van der Waals surface area contributed by atoms with Gasteiger partial charge >= 0.3 is 0 Å². The van der Waals surface area contributed by atoms with Gasteiger partial charge in [0.1, 0.15) is 11.3 Å². The fourth-order valence-electron chi connectivity index (χ4n) is 3.06. The Balaban J connectivity index is 1.54. The summed E-state index contributed by atoms with van der Waals surface area (Å²) in [5.41, 5.74) is 1.29. The Labute approximate surface area is 172 Å². The molecule has 2 aromatic heterocycles. The van der Waals surface area contributed by atoms with Crippen LogP contribution in [0.1, 0.15) is 15.9 Å². The van der Waals surface area contributed by atoms with Gasteiger partial charge in [-0.3, -0.25) is 20.0 Å². The third-order valence-electron chi connectivity index (χ3n) is 4.53. The van der Waals surface area contributed by atoms with Crippen LogP contribution in [0.4, 0.5) is 5.95 Å². The number of para-hydroxylation sites is 1. The summed E-state index contributed by atoms with van der Waals surface area (Å²) in [6, 6.07) is 20.0. The third kappa shape index (κ3) is 3.97. The van der Waals surface area contributed by atoms with Gasteiger partial charge in [-0.05, 0) is 29.8 Å². The number of benzene rings is 2. The van der Waals surface area contributed by atoms with Crippen LogP contribution >= 0.6 is 0 Å². The van der Waals surface area contributed by atoms with Crippen molar-refractivity contribution in [3.05, 3.63) is 94.4 Å². The molecule has 0 atom stereocenters. The molecule has 0 aliphatic rings. The van der Waals surface area contributed by atoms with Crippen molar-refractivity contribution in [3.8, 4) is 17.1 Å². The molecule has 0 radical (unpaired) electrons. The maximum atomic E-state index is 12.8. The van der Waals surface area contributed by atoms with E-state index in [0.717, 1.165) is 5.56 Å². The van der Waals surface area contributed by atoms with Crippen molar-refractivity contribution in [2.45, 2.75) is 6.54 Å². The van der Waals surface area contributed by atoms with Gasteiger partial charge in [-0.15, -0.1) is 5.10 Å². The molecule has 150 valence electrons. The maximum absolute atomic E-state index is 12.8. The number of aromatic amines is 1. The number of amides is 1. The number of hydrogen-bond donors (Lipinski definition) is 2. The monoisotopic (exact) mass is 401 g/mol. The van der Waals surface area contributed by atoms with Crippen LogP contribution < -0.4 is 15.6 Å². The summed E-state index contributed by atoms with van der Waals surface area (Å²) in [5, 5.41) is 9.37. The fourth-order valence-corrected chi connectivity index (χ4v) is 3.06. The first-order valence-electron chi connectivity index (χ1n) is 9.26. The van der Waals surface area contributed by atoms with Gasteiger partial charge in [0.2, 0.25) is 5.95 Å². The van der Waals surface area contributed by atoms with Gasteiger partial charge < -0.3 is 9.30 Å². The zero-order valence-electron chi connectivity index (χ0n) is 16.2. The molecule has 0 aliphatic heterocycles. The predicted octanol–water partition coefficient (Wildman–Crippen LogP) is 2.94. The molecule has 2 N–H and O–H groups in total. The molecule has 0 saturated carbocycles. The van der Waals surface area contributed by atoms with E-state index >= 15 is 0 Å². The third-order valence-corrected chi connectivity index (χ3v) is 4.53. The zero-order chi connectivity index (χ0) is 20.9. The average molecular weight is 401 g/mol. The van der Waals surface area contributed by atoms with Crippen molar-refractivity contribution in [3.63, 3.8) is 0 Å². The van der Waals surface area contributed by atoms with E-state index in [-0.39, 0.29) is 17.1 Å². The highest BCUT2D eigenvalue weighted by Gasteiger charge is 2.16. The lowest BCUT2D eigenvalue weighted by Crippen LogP contribution is -2.29. The smallest absolute Gasteiger partial charge is 0.263 e. The number of H-pyrrole nitrogens is 1. The summed E-state index contributed by atoms with van der Waals surface area (Å²) in [6.45, 7) is 0.374. The highest BCUT2D eigenvalue weighted by molar-refractivity contribution is 6.03. The van der Waals surface area contributed by atoms with Gasteiger partial charge in [-0.1, -0.05) is 42.5 Å². The zero-order valence-corrected chi connectivity index (χ0v) is 16.2. The van der Waals surface area contributed by atoms with E-state index in [9.17, 15) is 9.59 Å². The summed E-state index contributed by atoms with van der Waals surface area (Å²) < 4.78 is 6.81. The summed E-state index contributed by atoms with van der Waals surface area (Å²) in [7, 11) is 1.56. The molecule has 8 nitrogen and oxygen atoms in total. The largest absolute Gasteiger partial charge is 0.496 e. The van der Waals surface area contributed by atoms with E-state index in [1.54, 1.807) is 25.4 Å². The van der Waals surface area contributed by atoms with Gasteiger partial charge in [-0.2, -0.15) is 4.98 Å². The molecule has 2 aromatic carbocycles. The van der Waals surface area contributed by atoms with Crippen molar-refractivity contribution in [2.24, 2.45) is 0 Å². The molecule has 0 aliphatic carbocycles. The Morgan fingerprint density at radius 1 is 1.07 bits per heavy atom. The first-order valence-corrected chi connectivity index (χ1v) is 9.26. The van der Waals surface area contributed by atoms with E-state index in [1.165, 1.54) is 10.6 Å². The Hall–Kier alpha value is -4.20. The molecule has 4 aromatic rings. The standard InChI is InChI=1S/C22H19N5O3/c1-30-18-12-6-5-10-16(18)19-23-22(26-25-19)24-20(28)17-11-7-13-27(21(17)29)14-15-8-3-2-4-9-15/h2-13H,14H2,1H3,(H2,23,24,25,26,28). The predicted molar refractivity (Wildman–Crippen MR) is 113 cm³/mol. The number of carbonyl (C=O) groups excluding carboxylic acids is 1. The molecule has 2 heterocycles. The summed E-state index contributed by atoms with van der Waals surface area (Å²) in [6.07, 6.45) is 1.65. The highest BCUT2D eigenvalue weighted by atomic mass is 16.5. The number of carbonyl (C=O) groups is 1. The second kappa shape index (κ2) is 8.44. The lowest BCUT2D eigenvalue weighted by Gasteiger charge is -2.08. The molecule has 0 saturated heterocycles. The first-order chi connectivity index (χ1) is 14.7. The van der Waals surface area contributed by atoms with Gasteiger partial charge in [0, 0.05) is 6.20 Å². The maximum Gasteiger partial charge on any atom is 0.263 e. The van der Waals surface area contributed by atoms with Gasteiger partial charge in [-0.25, -0.2) is 0 Å². The molecule has 8 heteroatoms. The quantitative estimate of drug-likeness (QED) is 0.517. The Kier molecular flexibility index (Phi) is 5.38.